The van der Waals surface area contributed by atoms with E-state index in [1.54, 1.807) is 0 Å². The van der Waals surface area contributed by atoms with Crippen LogP contribution < -0.4 is 5.90 Å². The van der Waals surface area contributed by atoms with Gasteiger partial charge in [0.15, 0.2) is 0 Å². The lowest BCUT2D eigenvalue weighted by atomic mass is 9.84. The predicted octanol–water partition coefficient (Wildman–Crippen LogP) is 1.69. The molecule has 1 heterocycles. The first-order chi connectivity index (χ1) is 6.94. The molecular formula is C11H21N3O. The maximum Gasteiger partial charge on any atom is 0.0771 e. The predicted molar refractivity (Wildman–Crippen MR) is 60.5 cm³/mol. The fraction of sp³-hybridized carbons (Fsp3) is 0.727. The molecule has 0 radical (unpaired) electrons. The number of aryl methyl sites for hydroxylation is 2. The van der Waals surface area contributed by atoms with E-state index in [0.717, 1.165) is 12.2 Å². The fourth-order valence-corrected chi connectivity index (χ4v) is 2.26. The summed E-state index contributed by atoms with van der Waals surface area (Å²) in [4.78, 5) is 4.78. The van der Waals surface area contributed by atoms with Crippen LogP contribution >= 0.6 is 0 Å². The molecule has 0 spiro atoms. The second-order valence-corrected chi connectivity index (χ2v) is 4.56. The Morgan fingerprint density at radius 3 is 2.40 bits per heavy atom. The van der Waals surface area contributed by atoms with Crippen LogP contribution in [0.5, 0.6) is 0 Å². The Labute approximate surface area is 91.4 Å². The Hall–Kier alpha value is -0.870. The van der Waals surface area contributed by atoms with Gasteiger partial charge < -0.3 is 4.84 Å². The van der Waals surface area contributed by atoms with E-state index < -0.39 is 0 Å². The van der Waals surface area contributed by atoms with Gasteiger partial charge in [-0.15, -0.1) is 0 Å². The minimum absolute atomic E-state index is 0.0870. The largest absolute Gasteiger partial charge is 0.304 e. The standard InChI is InChI=1S/C11H21N3O/c1-6-14-9(3)10(8(2)13-14)11(4,5)7-15-12/h6-7,12H2,1-5H3. The molecule has 0 fully saturated rings. The molecule has 86 valence electrons. The van der Waals surface area contributed by atoms with Crippen LogP contribution in [0.15, 0.2) is 0 Å². The summed E-state index contributed by atoms with van der Waals surface area (Å²) in [5, 5.41) is 4.50. The fourth-order valence-electron chi connectivity index (χ4n) is 2.26. The molecule has 1 aromatic heterocycles. The Balaban J connectivity index is 3.18. The maximum atomic E-state index is 5.16. The Kier molecular flexibility index (Phi) is 3.52. The van der Waals surface area contributed by atoms with Gasteiger partial charge in [0.05, 0.1) is 12.3 Å². The number of rotatable bonds is 4. The molecule has 1 aromatic rings. The lowest BCUT2D eigenvalue weighted by Gasteiger charge is -2.24. The first-order valence-electron chi connectivity index (χ1n) is 5.30. The van der Waals surface area contributed by atoms with Crippen molar-refractivity contribution >= 4 is 0 Å². The number of aromatic nitrogens is 2. The monoisotopic (exact) mass is 211 g/mol. The van der Waals surface area contributed by atoms with Crippen molar-refractivity contribution in [3.63, 3.8) is 0 Å². The van der Waals surface area contributed by atoms with Gasteiger partial charge in [-0.1, -0.05) is 13.8 Å². The number of hydrogen-bond acceptors (Lipinski definition) is 3. The molecule has 0 saturated carbocycles. The normalized spacial score (nSPS) is 12.1. The smallest absolute Gasteiger partial charge is 0.0771 e. The quantitative estimate of drug-likeness (QED) is 0.771. The van der Waals surface area contributed by atoms with Crippen molar-refractivity contribution in [1.29, 1.82) is 0 Å². The molecule has 15 heavy (non-hydrogen) atoms. The Morgan fingerprint density at radius 1 is 1.40 bits per heavy atom. The van der Waals surface area contributed by atoms with E-state index in [2.05, 4.69) is 32.8 Å². The van der Waals surface area contributed by atoms with Gasteiger partial charge in [-0.2, -0.15) is 5.10 Å². The molecule has 0 saturated heterocycles. The summed E-state index contributed by atoms with van der Waals surface area (Å²) in [6, 6.07) is 0. The topological polar surface area (TPSA) is 53.1 Å². The molecular weight excluding hydrogens is 190 g/mol. The van der Waals surface area contributed by atoms with Crippen LogP contribution in [0.25, 0.3) is 0 Å². The van der Waals surface area contributed by atoms with Crippen molar-refractivity contribution in [3.8, 4) is 0 Å². The van der Waals surface area contributed by atoms with Gasteiger partial charge in [-0.3, -0.25) is 4.68 Å². The minimum atomic E-state index is -0.0870. The number of nitrogens with two attached hydrogens (primary N) is 1. The zero-order chi connectivity index (χ0) is 11.6. The SMILES string of the molecule is CCn1nc(C)c(C(C)(C)CON)c1C. The molecule has 0 unspecified atom stereocenters. The highest BCUT2D eigenvalue weighted by molar-refractivity contribution is 5.32. The summed E-state index contributed by atoms with van der Waals surface area (Å²) < 4.78 is 2.02. The van der Waals surface area contributed by atoms with E-state index in [1.165, 1.54) is 11.3 Å². The third kappa shape index (κ3) is 2.21. The van der Waals surface area contributed by atoms with Crippen LogP contribution in [0.1, 0.15) is 37.7 Å². The van der Waals surface area contributed by atoms with Gasteiger partial charge in [0.25, 0.3) is 0 Å². The van der Waals surface area contributed by atoms with E-state index in [4.69, 9.17) is 10.7 Å². The highest BCUT2D eigenvalue weighted by atomic mass is 16.6. The third-order valence-electron chi connectivity index (χ3n) is 2.80. The maximum absolute atomic E-state index is 5.16. The highest BCUT2D eigenvalue weighted by Crippen LogP contribution is 2.29. The molecule has 0 atom stereocenters. The van der Waals surface area contributed by atoms with E-state index >= 15 is 0 Å². The number of nitrogens with zero attached hydrogens (tertiary/aromatic N) is 2. The van der Waals surface area contributed by atoms with Gasteiger partial charge in [-0.25, -0.2) is 5.90 Å². The molecule has 0 aliphatic heterocycles. The van der Waals surface area contributed by atoms with E-state index in [0.29, 0.717) is 6.61 Å². The van der Waals surface area contributed by atoms with Crippen molar-refractivity contribution < 1.29 is 4.84 Å². The van der Waals surface area contributed by atoms with E-state index in [9.17, 15) is 0 Å². The summed E-state index contributed by atoms with van der Waals surface area (Å²) >= 11 is 0. The van der Waals surface area contributed by atoms with Gasteiger partial charge >= 0.3 is 0 Å². The molecule has 4 nitrogen and oxygen atoms in total. The van der Waals surface area contributed by atoms with Crippen molar-refractivity contribution in [3.05, 3.63) is 17.0 Å². The minimum Gasteiger partial charge on any atom is -0.304 e. The summed E-state index contributed by atoms with van der Waals surface area (Å²) in [6.07, 6.45) is 0. The molecule has 0 aliphatic carbocycles. The molecule has 4 heteroatoms. The van der Waals surface area contributed by atoms with Crippen molar-refractivity contribution in [2.45, 2.75) is 46.6 Å². The van der Waals surface area contributed by atoms with Crippen LogP contribution in [-0.4, -0.2) is 16.4 Å². The van der Waals surface area contributed by atoms with Gasteiger partial charge in [0, 0.05) is 23.2 Å². The van der Waals surface area contributed by atoms with E-state index in [-0.39, 0.29) is 5.41 Å². The van der Waals surface area contributed by atoms with Crippen molar-refractivity contribution in [1.82, 2.24) is 9.78 Å². The lowest BCUT2D eigenvalue weighted by Crippen LogP contribution is -2.27. The summed E-state index contributed by atoms with van der Waals surface area (Å²) in [5.74, 6) is 5.16. The van der Waals surface area contributed by atoms with Crippen LogP contribution in [0.3, 0.4) is 0 Å². The van der Waals surface area contributed by atoms with Gasteiger partial charge in [0.2, 0.25) is 0 Å². The average molecular weight is 211 g/mol. The molecule has 1 rings (SSSR count). The van der Waals surface area contributed by atoms with Crippen molar-refractivity contribution in [2.24, 2.45) is 5.90 Å². The molecule has 0 bridgehead atoms. The highest BCUT2D eigenvalue weighted by Gasteiger charge is 2.28. The molecule has 0 aliphatic rings. The second kappa shape index (κ2) is 4.33. The summed E-state index contributed by atoms with van der Waals surface area (Å²) in [6.45, 7) is 11.9. The Morgan fingerprint density at radius 2 is 2.00 bits per heavy atom. The third-order valence-corrected chi connectivity index (χ3v) is 2.80. The molecule has 0 amide bonds. The van der Waals surface area contributed by atoms with Crippen LogP contribution in [-0.2, 0) is 16.8 Å². The zero-order valence-corrected chi connectivity index (χ0v) is 10.3. The van der Waals surface area contributed by atoms with E-state index in [1.807, 2.05) is 11.6 Å². The van der Waals surface area contributed by atoms with Crippen LogP contribution in [0.4, 0.5) is 0 Å². The second-order valence-electron chi connectivity index (χ2n) is 4.56. The average Bonchev–Trinajstić information content (AvgIpc) is 2.41. The lowest BCUT2D eigenvalue weighted by molar-refractivity contribution is 0.0959. The van der Waals surface area contributed by atoms with Crippen LogP contribution in [0, 0.1) is 13.8 Å². The summed E-state index contributed by atoms with van der Waals surface area (Å²) in [7, 11) is 0. The first-order valence-corrected chi connectivity index (χ1v) is 5.30. The zero-order valence-electron chi connectivity index (χ0n) is 10.3. The Bertz CT molecular complexity index is 342. The molecule has 0 aromatic carbocycles. The number of hydrogen-bond donors (Lipinski definition) is 1. The van der Waals surface area contributed by atoms with Gasteiger partial charge in [0.1, 0.15) is 0 Å². The molecule has 2 N–H and O–H groups in total. The first kappa shape index (κ1) is 12.2. The summed E-state index contributed by atoms with van der Waals surface area (Å²) in [5.41, 5.74) is 3.43. The van der Waals surface area contributed by atoms with Gasteiger partial charge in [-0.05, 0) is 20.8 Å². The van der Waals surface area contributed by atoms with Crippen molar-refractivity contribution in [2.75, 3.05) is 6.61 Å². The van der Waals surface area contributed by atoms with Crippen LogP contribution in [0.2, 0.25) is 0 Å².